The van der Waals surface area contributed by atoms with Gasteiger partial charge < -0.3 is 15.5 Å². The van der Waals surface area contributed by atoms with Crippen molar-refractivity contribution in [2.24, 2.45) is 4.99 Å². The maximum atomic E-state index is 4.51. The van der Waals surface area contributed by atoms with Crippen LogP contribution in [-0.4, -0.2) is 48.5 Å². The Morgan fingerprint density at radius 2 is 2.07 bits per heavy atom. The predicted molar refractivity (Wildman–Crippen MR) is 116 cm³/mol. The molecule has 1 aromatic heterocycles. The van der Waals surface area contributed by atoms with Crippen LogP contribution in [0.5, 0.6) is 0 Å². The second-order valence-corrected chi connectivity index (χ2v) is 7.97. The minimum Gasteiger partial charge on any atom is -0.369 e. The molecule has 7 heteroatoms. The fourth-order valence-corrected chi connectivity index (χ4v) is 3.75. The lowest BCUT2D eigenvalue weighted by Crippen LogP contribution is -2.45. The van der Waals surface area contributed by atoms with Crippen molar-refractivity contribution in [3.63, 3.8) is 0 Å². The molecule has 0 aliphatic carbocycles. The number of hydrogen-bond donors (Lipinski definition) is 2. The molecule has 0 saturated carbocycles. The minimum absolute atomic E-state index is 0.413. The molecule has 27 heavy (non-hydrogen) atoms. The predicted octanol–water partition coefficient (Wildman–Crippen LogP) is 3.10. The Labute approximate surface area is 170 Å². The van der Waals surface area contributed by atoms with E-state index in [1.54, 1.807) is 0 Å². The Bertz CT molecular complexity index is 767. The third-order valence-corrected chi connectivity index (χ3v) is 5.42. The van der Waals surface area contributed by atoms with Crippen molar-refractivity contribution in [1.29, 1.82) is 0 Å². The molecule has 0 bridgehead atoms. The number of benzene rings is 1. The highest BCUT2D eigenvalue weighted by molar-refractivity contribution is 9.10. The number of rotatable bonds is 6. The summed E-state index contributed by atoms with van der Waals surface area (Å²) in [6, 6.07) is 11.1. The number of nitrogens with one attached hydrogen (secondary N) is 2. The molecule has 2 heterocycles. The highest BCUT2D eigenvalue weighted by Gasteiger charge is 2.23. The summed E-state index contributed by atoms with van der Waals surface area (Å²) < 4.78 is 3.19. The third-order valence-electron chi connectivity index (χ3n) is 4.89. The van der Waals surface area contributed by atoms with Crippen LogP contribution in [0.25, 0.3) is 0 Å². The van der Waals surface area contributed by atoms with E-state index in [0.29, 0.717) is 6.04 Å². The van der Waals surface area contributed by atoms with Crippen molar-refractivity contribution in [2.75, 3.05) is 31.6 Å². The van der Waals surface area contributed by atoms with E-state index in [4.69, 9.17) is 0 Å². The van der Waals surface area contributed by atoms with Gasteiger partial charge in [-0.2, -0.15) is 5.10 Å². The summed E-state index contributed by atoms with van der Waals surface area (Å²) >= 11 is 3.50. The van der Waals surface area contributed by atoms with E-state index in [9.17, 15) is 0 Å². The molecule has 1 saturated heterocycles. The maximum absolute atomic E-state index is 4.51. The van der Waals surface area contributed by atoms with Crippen LogP contribution in [0.15, 0.2) is 39.8 Å². The number of aliphatic imine (C=N–C) groups is 1. The summed E-state index contributed by atoms with van der Waals surface area (Å²) in [6.07, 6.45) is 2.13. The molecule has 0 spiro atoms. The van der Waals surface area contributed by atoms with Crippen LogP contribution in [0.2, 0.25) is 0 Å². The lowest BCUT2D eigenvalue weighted by atomic mass is 10.2. The molecule has 1 fully saturated rings. The van der Waals surface area contributed by atoms with Crippen LogP contribution in [-0.2, 0) is 6.54 Å². The molecular weight excluding hydrogens is 404 g/mol. The minimum atomic E-state index is 0.413. The van der Waals surface area contributed by atoms with Crippen molar-refractivity contribution < 1.29 is 0 Å². The molecule has 146 valence electrons. The zero-order valence-electron chi connectivity index (χ0n) is 16.4. The summed E-state index contributed by atoms with van der Waals surface area (Å²) in [5, 5.41) is 11.5. The Kier molecular flexibility index (Phi) is 6.77. The average molecular weight is 433 g/mol. The highest BCUT2D eigenvalue weighted by atomic mass is 79.9. The topological polar surface area (TPSA) is 57.5 Å². The molecule has 3 rings (SSSR count). The quantitative estimate of drug-likeness (QED) is 0.418. The number of guanidine groups is 1. The monoisotopic (exact) mass is 432 g/mol. The Morgan fingerprint density at radius 1 is 1.30 bits per heavy atom. The van der Waals surface area contributed by atoms with Crippen LogP contribution < -0.4 is 15.5 Å². The number of aromatic nitrogens is 2. The lowest BCUT2D eigenvalue weighted by molar-refractivity contribution is 0.552. The van der Waals surface area contributed by atoms with E-state index in [1.165, 1.54) is 11.4 Å². The summed E-state index contributed by atoms with van der Waals surface area (Å²) in [5.41, 5.74) is 3.57. The molecule has 1 aromatic carbocycles. The average Bonchev–Trinajstić information content (AvgIpc) is 3.24. The summed E-state index contributed by atoms with van der Waals surface area (Å²) in [6.45, 7) is 7.99. The summed E-state index contributed by atoms with van der Waals surface area (Å²) in [7, 11) is 1.83. The Morgan fingerprint density at radius 3 is 2.74 bits per heavy atom. The first-order valence-corrected chi connectivity index (χ1v) is 10.3. The Balaban J connectivity index is 1.41. The van der Waals surface area contributed by atoms with Gasteiger partial charge in [0.15, 0.2) is 5.96 Å². The first-order chi connectivity index (χ1) is 13.0. The molecule has 0 radical (unpaired) electrons. The molecule has 2 aromatic rings. The zero-order chi connectivity index (χ0) is 19.2. The SMILES string of the molecule is CN=C(NCCCn1nc(C)cc1C)NC1CCN(c2ccc(Br)cc2)C1. The summed E-state index contributed by atoms with van der Waals surface area (Å²) in [5.74, 6) is 0.881. The van der Waals surface area contributed by atoms with E-state index in [1.807, 2.05) is 14.0 Å². The van der Waals surface area contributed by atoms with Gasteiger partial charge in [0.25, 0.3) is 0 Å². The molecule has 1 aliphatic heterocycles. The van der Waals surface area contributed by atoms with Crippen molar-refractivity contribution >= 4 is 27.6 Å². The standard InChI is InChI=1S/C20H29BrN6/c1-15-13-16(2)27(25-15)11-4-10-23-20(22-3)24-18-9-12-26(14-18)19-7-5-17(21)6-8-19/h5-8,13,18H,4,9-12,14H2,1-3H3,(H2,22,23,24). The van der Waals surface area contributed by atoms with Crippen molar-refractivity contribution in [3.05, 3.63) is 46.2 Å². The van der Waals surface area contributed by atoms with Gasteiger partial charge in [0.2, 0.25) is 0 Å². The maximum Gasteiger partial charge on any atom is 0.191 e. The van der Waals surface area contributed by atoms with E-state index in [2.05, 4.69) is 83.5 Å². The first-order valence-electron chi connectivity index (χ1n) is 9.54. The summed E-state index contributed by atoms with van der Waals surface area (Å²) in [4.78, 5) is 6.79. The fraction of sp³-hybridized carbons (Fsp3) is 0.500. The molecule has 0 amide bonds. The van der Waals surface area contributed by atoms with Gasteiger partial charge in [0.05, 0.1) is 5.69 Å². The normalized spacial score (nSPS) is 17.4. The second-order valence-electron chi connectivity index (χ2n) is 7.06. The van der Waals surface area contributed by atoms with Gasteiger partial charge >= 0.3 is 0 Å². The van der Waals surface area contributed by atoms with Crippen LogP contribution in [0.1, 0.15) is 24.2 Å². The van der Waals surface area contributed by atoms with E-state index in [0.717, 1.165) is 55.1 Å². The number of anilines is 1. The van der Waals surface area contributed by atoms with Gasteiger partial charge in [0, 0.05) is 55.1 Å². The van der Waals surface area contributed by atoms with Gasteiger partial charge in [-0.15, -0.1) is 0 Å². The number of halogens is 1. The van der Waals surface area contributed by atoms with Gasteiger partial charge in [-0.3, -0.25) is 9.67 Å². The van der Waals surface area contributed by atoms with Crippen molar-refractivity contribution in [1.82, 2.24) is 20.4 Å². The lowest BCUT2D eigenvalue weighted by Gasteiger charge is -2.20. The number of aryl methyl sites for hydroxylation is 3. The fourth-order valence-electron chi connectivity index (χ4n) is 3.49. The largest absolute Gasteiger partial charge is 0.369 e. The highest BCUT2D eigenvalue weighted by Crippen LogP contribution is 2.22. The van der Waals surface area contributed by atoms with Gasteiger partial charge in [-0.25, -0.2) is 0 Å². The van der Waals surface area contributed by atoms with Crippen molar-refractivity contribution in [3.8, 4) is 0 Å². The van der Waals surface area contributed by atoms with Crippen LogP contribution in [0, 0.1) is 13.8 Å². The van der Waals surface area contributed by atoms with E-state index >= 15 is 0 Å². The van der Waals surface area contributed by atoms with Gasteiger partial charge in [-0.1, -0.05) is 15.9 Å². The van der Waals surface area contributed by atoms with Crippen LogP contribution in [0.3, 0.4) is 0 Å². The molecule has 1 aliphatic rings. The molecule has 1 atom stereocenters. The number of nitrogens with zero attached hydrogens (tertiary/aromatic N) is 4. The first kappa shape index (κ1) is 19.7. The molecule has 6 nitrogen and oxygen atoms in total. The van der Waals surface area contributed by atoms with E-state index in [-0.39, 0.29) is 0 Å². The van der Waals surface area contributed by atoms with Crippen LogP contribution >= 0.6 is 15.9 Å². The van der Waals surface area contributed by atoms with Gasteiger partial charge in [-0.05, 0) is 57.0 Å². The smallest absolute Gasteiger partial charge is 0.191 e. The Hall–Kier alpha value is -2.02. The van der Waals surface area contributed by atoms with Crippen molar-refractivity contribution in [2.45, 2.75) is 39.3 Å². The second kappa shape index (κ2) is 9.26. The molecule has 1 unspecified atom stereocenters. The van der Waals surface area contributed by atoms with E-state index < -0.39 is 0 Å². The molecule has 2 N–H and O–H groups in total. The zero-order valence-corrected chi connectivity index (χ0v) is 18.0. The van der Waals surface area contributed by atoms with Crippen LogP contribution in [0.4, 0.5) is 5.69 Å². The molecular formula is C20H29BrN6. The third kappa shape index (κ3) is 5.48. The van der Waals surface area contributed by atoms with Gasteiger partial charge in [0.1, 0.15) is 0 Å². The number of hydrogen-bond acceptors (Lipinski definition) is 3.